The van der Waals surface area contributed by atoms with Crippen LogP contribution >= 0.6 is 11.6 Å². The molecule has 0 aliphatic rings. The lowest BCUT2D eigenvalue weighted by molar-refractivity contribution is 0.581. The number of benzene rings is 1. The van der Waals surface area contributed by atoms with Gasteiger partial charge in [0.05, 0.1) is 5.75 Å². The summed E-state index contributed by atoms with van der Waals surface area (Å²) < 4.78 is 25.0. The van der Waals surface area contributed by atoms with E-state index in [1.54, 1.807) is 6.92 Å². The maximum absolute atomic E-state index is 11.3. The van der Waals surface area contributed by atoms with Crippen LogP contribution in [-0.4, -0.2) is 32.2 Å². The number of sulfonamides is 1. The predicted molar refractivity (Wildman–Crippen MR) is 87.3 cm³/mol. The number of nitrogens with zero attached hydrogens (tertiary/aromatic N) is 1. The van der Waals surface area contributed by atoms with Crippen LogP contribution in [0.3, 0.4) is 0 Å². The Labute approximate surface area is 129 Å². The molecule has 0 saturated carbocycles. The van der Waals surface area contributed by atoms with Crippen molar-refractivity contribution in [3.8, 4) is 0 Å². The number of anilines is 1. The van der Waals surface area contributed by atoms with E-state index in [0.29, 0.717) is 30.5 Å². The zero-order valence-electron chi connectivity index (χ0n) is 11.8. The number of nitrogens with one attached hydrogen (secondary N) is 2. The zero-order valence-corrected chi connectivity index (χ0v) is 13.3. The Balaban J connectivity index is 1.89. The highest BCUT2D eigenvalue weighted by molar-refractivity contribution is 7.89. The largest absolute Gasteiger partial charge is 0.370 e. The van der Waals surface area contributed by atoms with Crippen LogP contribution < -0.4 is 10.0 Å². The lowest BCUT2D eigenvalue weighted by atomic mass is 10.2. The summed E-state index contributed by atoms with van der Waals surface area (Å²) in [5.41, 5.74) is 0. The molecular formula is C14H18ClN3O2S. The quantitative estimate of drug-likeness (QED) is 0.606. The van der Waals surface area contributed by atoms with Crippen molar-refractivity contribution >= 4 is 38.2 Å². The molecule has 0 aliphatic carbocycles. The van der Waals surface area contributed by atoms with Crippen LogP contribution in [0, 0.1) is 0 Å². The van der Waals surface area contributed by atoms with Crippen molar-refractivity contribution in [2.45, 2.75) is 13.3 Å². The monoisotopic (exact) mass is 327 g/mol. The van der Waals surface area contributed by atoms with Gasteiger partial charge >= 0.3 is 0 Å². The van der Waals surface area contributed by atoms with Crippen LogP contribution in [-0.2, 0) is 10.0 Å². The minimum absolute atomic E-state index is 0.0995. The molecule has 0 unspecified atom stereocenters. The van der Waals surface area contributed by atoms with Gasteiger partial charge in [0.2, 0.25) is 10.0 Å². The first-order valence-corrected chi connectivity index (χ1v) is 8.81. The fraction of sp³-hybridized carbons (Fsp3) is 0.357. The summed E-state index contributed by atoms with van der Waals surface area (Å²) in [4.78, 5) is 4.28. The van der Waals surface area contributed by atoms with Crippen molar-refractivity contribution in [2.24, 2.45) is 0 Å². The van der Waals surface area contributed by atoms with Gasteiger partial charge in [0, 0.05) is 18.5 Å². The summed E-state index contributed by atoms with van der Waals surface area (Å²) in [6.07, 6.45) is 0.672. The molecule has 114 valence electrons. The van der Waals surface area contributed by atoms with E-state index < -0.39 is 10.0 Å². The average Bonchev–Trinajstić information content (AvgIpc) is 2.47. The van der Waals surface area contributed by atoms with Crippen LogP contribution in [0.2, 0.25) is 5.15 Å². The van der Waals surface area contributed by atoms with Crippen molar-refractivity contribution in [2.75, 3.05) is 24.2 Å². The fourth-order valence-corrected chi connectivity index (χ4v) is 2.80. The van der Waals surface area contributed by atoms with E-state index in [1.165, 1.54) is 0 Å². The topological polar surface area (TPSA) is 71.1 Å². The van der Waals surface area contributed by atoms with Crippen LogP contribution in [0.5, 0.6) is 0 Å². The maximum atomic E-state index is 11.3. The maximum Gasteiger partial charge on any atom is 0.211 e. The van der Waals surface area contributed by atoms with Gasteiger partial charge in [-0.05, 0) is 24.8 Å². The van der Waals surface area contributed by atoms with Crippen molar-refractivity contribution in [1.82, 2.24) is 9.71 Å². The Morgan fingerprint density at radius 1 is 1.24 bits per heavy atom. The molecule has 0 aliphatic heterocycles. The normalized spacial score (nSPS) is 11.7. The molecule has 1 aromatic heterocycles. The van der Waals surface area contributed by atoms with Crippen LogP contribution in [0.1, 0.15) is 13.3 Å². The number of pyridine rings is 1. The second-order valence-electron chi connectivity index (χ2n) is 4.60. The Hall–Kier alpha value is -1.37. The Morgan fingerprint density at radius 3 is 2.76 bits per heavy atom. The van der Waals surface area contributed by atoms with Crippen molar-refractivity contribution in [3.63, 3.8) is 0 Å². The summed E-state index contributed by atoms with van der Waals surface area (Å²) in [6.45, 7) is 2.64. The highest BCUT2D eigenvalue weighted by Gasteiger charge is 2.05. The van der Waals surface area contributed by atoms with Gasteiger partial charge in [0.15, 0.2) is 0 Å². The molecular weight excluding hydrogens is 310 g/mol. The van der Waals surface area contributed by atoms with E-state index in [-0.39, 0.29) is 5.75 Å². The second-order valence-corrected chi connectivity index (χ2v) is 7.05. The van der Waals surface area contributed by atoms with Crippen LogP contribution in [0.4, 0.5) is 5.82 Å². The molecule has 0 saturated heterocycles. The molecule has 1 aromatic carbocycles. The lowest BCUT2D eigenvalue weighted by Gasteiger charge is -2.08. The van der Waals surface area contributed by atoms with Crippen molar-refractivity contribution in [1.29, 1.82) is 0 Å². The van der Waals surface area contributed by atoms with E-state index in [4.69, 9.17) is 11.6 Å². The van der Waals surface area contributed by atoms with Gasteiger partial charge < -0.3 is 5.32 Å². The molecule has 21 heavy (non-hydrogen) atoms. The Morgan fingerprint density at radius 2 is 2.00 bits per heavy atom. The number of fused-ring (bicyclic) bond motifs is 1. The van der Waals surface area contributed by atoms with Gasteiger partial charge in [-0.25, -0.2) is 18.1 Å². The summed E-state index contributed by atoms with van der Waals surface area (Å²) >= 11 is 6.14. The standard InChI is InChI=1S/C14H18ClN3O2S/c1-2-21(19,20)17-9-5-8-16-13-10-11-6-3-4-7-12(11)14(15)18-13/h3-4,6-7,10,17H,2,5,8-9H2,1H3,(H,16,18). The van der Waals surface area contributed by atoms with Crippen molar-refractivity contribution in [3.05, 3.63) is 35.5 Å². The van der Waals surface area contributed by atoms with E-state index in [9.17, 15) is 8.42 Å². The third-order valence-corrected chi connectivity index (χ3v) is 4.75. The van der Waals surface area contributed by atoms with Gasteiger partial charge in [-0.15, -0.1) is 0 Å². The van der Waals surface area contributed by atoms with Gasteiger partial charge in [-0.1, -0.05) is 35.9 Å². The first kappa shape index (κ1) is 16.0. The van der Waals surface area contributed by atoms with Crippen molar-refractivity contribution < 1.29 is 8.42 Å². The second kappa shape index (κ2) is 7.06. The number of rotatable bonds is 7. The molecule has 0 bridgehead atoms. The number of hydrogen-bond donors (Lipinski definition) is 2. The highest BCUT2D eigenvalue weighted by Crippen LogP contribution is 2.24. The van der Waals surface area contributed by atoms with Gasteiger partial charge in [-0.2, -0.15) is 0 Å². The molecule has 0 fully saturated rings. The third kappa shape index (κ3) is 4.56. The molecule has 5 nitrogen and oxygen atoms in total. The summed E-state index contributed by atoms with van der Waals surface area (Å²) in [5, 5.41) is 5.55. The number of hydrogen-bond acceptors (Lipinski definition) is 4. The fourth-order valence-electron chi connectivity index (χ4n) is 1.88. The molecule has 0 atom stereocenters. The van der Waals surface area contributed by atoms with Crippen LogP contribution in [0.15, 0.2) is 30.3 Å². The van der Waals surface area contributed by atoms with Gasteiger partial charge in [0.25, 0.3) is 0 Å². The molecule has 7 heteroatoms. The summed E-state index contributed by atoms with van der Waals surface area (Å²) in [6, 6.07) is 9.69. The molecule has 2 aromatic rings. The minimum Gasteiger partial charge on any atom is -0.370 e. The SMILES string of the molecule is CCS(=O)(=O)NCCCNc1cc2ccccc2c(Cl)n1. The summed E-state index contributed by atoms with van der Waals surface area (Å²) in [7, 11) is -3.11. The van der Waals surface area contributed by atoms with E-state index in [2.05, 4.69) is 15.0 Å². The molecule has 0 radical (unpaired) electrons. The Bertz CT molecular complexity index is 719. The first-order valence-electron chi connectivity index (χ1n) is 6.78. The lowest BCUT2D eigenvalue weighted by Crippen LogP contribution is -2.27. The predicted octanol–water partition coefficient (Wildman–Crippen LogP) is 2.63. The molecule has 2 rings (SSSR count). The third-order valence-electron chi connectivity index (χ3n) is 3.06. The van der Waals surface area contributed by atoms with E-state index in [1.807, 2.05) is 30.3 Å². The van der Waals surface area contributed by atoms with Gasteiger partial charge in [-0.3, -0.25) is 0 Å². The Kier molecular flexibility index (Phi) is 5.39. The molecule has 1 heterocycles. The molecule has 0 spiro atoms. The number of halogens is 1. The zero-order chi connectivity index (χ0) is 15.3. The van der Waals surface area contributed by atoms with Crippen LogP contribution in [0.25, 0.3) is 10.8 Å². The first-order chi connectivity index (χ1) is 10.0. The average molecular weight is 328 g/mol. The van der Waals surface area contributed by atoms with E-state index in [0.717, 1.165) is 10.8 Å². The molecule has 0 amide bonds. The molecule has 2 N–H and O–H groups in total. The highest BCUT2D eigenvalue weighted by atomic mass is 35.5. The number of aromatic nitrogens is 1. The summed E-state index contributed by atoms with van der Waals surface area (Å²) in [5.74, 6) is 0.791. The smallest absolute Gasteiger partial charge is 0.211 e. The van der Waals surface area contributed by atoms with E-state index >= 15 is 0 Å². The minimum atomic E-state index is -3.11. The van der Waals surface area contributed by atoms with Gasteiger partial charge in [0.1, 0.15) is 11.0 Å².